The lowest BCUT2D eigenvalue weighted by Crippen LogP contribution is -2.51. The molecule has 0 bridgehead atoms. The van der Waals surface area contributed by atoms with Gasteiger partial charge in [-0.15, -0.1) is 0 Å². The van der Waals surface area contributed by atoms with E-state index in [4.69, 9.17) is 13.9 Å². The summed E-state index contributed by atoms with van der Waals surface area (Å²) in [4.78, 5) is 12.9. The van der Waals surface area contributed by atoms with E-state index in [-0.39, 0.29) is 29.0 Å². The number of hydrogen-bond donors (Lipinski definition) is 1. The number of hydrogen-bond acceptors (Lipinski definition) is 5. The van der Waals surface area contributed by atoms with Crippen LogP contribution in [0.4, 0.5) is 0 Å². The van der Waals surface area contributed by atoms with Crippen molar-refractivity contribution in [3.63, 3.8) is 0 Å². The largest absolute Gasteiger partial charge is 0.469 e. The predicted octanol–water partition coefficient (Wildman–Crippen LogP) is 5.11. The first-order valence-electron chi connectivity index (χ1n) is 13.2. The third-order valence-electron chi connectivity index (χ3n) is 9.38. The molecule has 2 saturated heterocycles. The summed E-state index contributed by atoms with van der Waals surface area (Å²) in [7, 11) is 0. The van der Waals surface area contributed by atoms with Crippen molar-refractivity contribution in [2.75, 3.05) is 19.7 Å². The van der Waals surface area contributed by atoms with E-state index in [1.165, 1.54) is 24.8 Å². The van der Waals surface area contributed by atoms with Crippen LogP contribution in [0.1, 0.15) is 62.7 Å². The summed E-state index contributed by atoms with van der Waals surface area (Å²) in [5, 5.41) is 3.61. The van der Waals surface area contributed by atoms with Gasteiger partial charge in [-0.1, -0.05) is 37.3 Å². The molecule has 2 aromatic rings. The molecule has 2 saturated carbocycles. The molecule has 0 radical (unpaired) electrons. The SMILES string of the molecule is C[C@]12CCC[C@@]3(CO3)[C@H]1C[C@H]1[C@@H](C2)OC(=O)[C@@H]1CNCC[C@@H](Cc1ccccc1)c1ccco1. The first-order chi connectivity index (χ1) is 16.6. The Labute approximate surface area is 202 Å². The third kappa shape index (κ3) is 4.11. The van der Waals surface area contributed by atoms with Crippen LogP contribution in [-0.4, -0.2) is 37.4 Å². The third-order valence-corrected chi connectivity index (χ3v) is 9.38. The molecule has 1 spiro atoms. The second kappa shape index (κ2) is 8.83. The van der Waals surface area contributed by atoms with Gasteiger partial charge in [0.2, 0.25) is 0 Å². The van der Waals surface area contributed by atoms with Crippen LogP contribution < -0.4 is 5.32 Å². The van der Waals surface area contributed by atoms with Crippen LogP contribution in [0.3, 0.4) is 0 Å². The average Bonchev–Trinajstić information content (AvgIpc) is 3.25. The number of esters is 1. The summed E-state index contributed by atoms with van der Waals surface area (Å²) in [6, 6.07) is 14.6. The molecular weight excluding hydrogens is 426 g/mol. The van der Waals surface area contributed by atoms with Gasteiger partial charge in [0.1, 0.15) is 11.9 Å². The molecule has 7 atom stereocenters. The highest BCUT2D eigenvalue weighted by atomic mass is 16.6. The van der Waals surface area contributed by atoms with Crippen molar-refractivity contribution in [2.24, 2.45) is 23.2 Å². The van der Waals surface area contributed by atoms with E-state index >= 15 is 0 Å². The van der Waals surface area contributed by atoms with Gasteiger partial charge >= 0.3 is 5.97 Å². The van der Waals surface area contributed by atoms with Crippen molar-refractivity contribution in [3.05, 3.63) is 60.1 Å². The van der Waals surface area contributed by atoms with Gasteiger partial charge < -0.3 is 19.2 Å². The van der Waals surface area contributed by atoms with Gasteiger partial charge in [0.15, 0.2) is 0 Å². The molecule has 182 valence electrons. The molecule has 2 aliphatic carbocycles. The smallest absolute Gasteiger partial charge is 0.310 e. The lowest BCUT2D eigenvalue weighted by Gasteiger charge is -2.51. The Hall–Kier alpha value is -2.11. The normalized spacial score (nSPS) is 37.1. The van der Waals surface area contributed by atoms with Crippen LogP contribution in [0.5, 0.6) is 0 Å². The van der Waals surface area contributed by atoms with Gasteiger partial charge in [0, 0.05) is 18.4 Å². The zero-order chi connectivity index (χ0) is 23.2. The van der Waals surface area contributed by atoms with Gasteiger partial charge in [0.05, 0.1) is 24.4 Å². The summed E-state index contributed by atoms with van der Waals surface area (Å²) >= 11 is 0. The second-order valence-electron chi connectivity index (χ2n) is 11.5. The van der Waals surface area contributed by atoms with Crippen molar-refractivity contribution in [2.45, 2.75) is 69.5 Å². The first-order valence-corrected chi connectivity index (χ1v) is 13.2. The Morgan fingerprint density at radius 1 is 1.15 bits per heavy atom. The minimum atomic E-state index is -0.0385. The molecule has 3 heterocycles. The summed E-state index contributed by atoms with van der Waals surface area (Å²) < 4.78 is 17.8. The van der Waals surface area contributed by atoms with E-state index in [1.807, 2.05) is 6.07 Å². The number of benzene rings is 1. The van der Waals surface area contributed by atoms with Gasteiger partial charge in [-0.25, -0.2) is 0 Å². The quantitative estimate of drug-likeness (QED) is 0.335. The van der Waals surface area contributed by atoms with E-state index in [9.17, 15) is 4.79 Å². The molecule has 4 fully saturated rings. The van der Waals surface area contributed by atoms with E-state index < -0.39 is 0 Å². The van der Waals surface area contributed by atoms with E-state index in [1.54, 1.807) is 6.26 Å². The van der Waals surface area contributed by atoms with Crippen LogP contribution >= 0.6 is 0 Å². The Morgan fingerprint density at radius 2 is 2.00 bits per heavy atom. The number of ether oxygens (including phenoxy) is 2. The Balaban J connectivity index is 1.07. The summed E-state index contributed by atoms with van der Waals surface area (Å²) in [5.41, 5.74) is 1.68. The lowest BCUT2D eigenvalue weighted by molar-refractivity contribution is -0.147. The zero-order valence-electron chi connectivity index (χ0n) is 20.2. The van der Waals surface area contributed by atoms with Gasteiger partial charge in [-0.3, -0.25) is 4.79 Å². The van der Waals surface area contributed by atoms with Crippen LogP contribution in [-0.2, 0) is 20.7 Å². The highest BCUT2D eigenvalue weighted by Crippen LogP contribution is 2.62. The number of carbonyl (C=O) groups is 1. The van der Waals surface area contributed by atoms with Crippen molar-refractivity contribution >= 4 is 5.97 Å². The Morgan fingerprint density at radius 3 is 2.76 bits per heavy atom. The number of fused-ring (bicyclic) bond motifs is 3. The summed E-state index contributed by atoms with van der Waals surface area (Å²) in [5.74, 6) is 2.21. The molecule has 0 amide bonds. The minimum absolute atomic E-state index is 0.00221. The lowest BCUT2D eigenvalue weighted by atomic mass is 9.53. The van der Waals surface area contributed by atoms with Gasteiger partial charge in [-0.05, 0) is 80.5 Å². The van der Waals surface area contributed by atoms with Crippen molar-refractivity contribution < 1.29 is 18.7 Å². The fourth-order valence-electron chi connectivity index (χ4n) is 7.49. The van der Waals surface area contributed by atoms with Crippen molar-refractivity contribution in [1.82, 2.24) is 5.32 Å². The second-order valence-corrected chi connectivity index (χ2v) is 11.5. The number of epoxide rings is 1. The van der Waals surface area contributed by atoms with E-state index in [0.717, 1.165) is 44.6 Å². The number of nitrogens with one attached hydrogen (secondary N) is 1. The van der Waals surface area contributed by atoms with Gasteiger partial charge in [0.25, 0.3) is 0 Å². The number of carbonyl (C=O) groups excluding carboxylic acids is 1. The maximum absolute atomic E-state index is 12.9. The van der Waals surface area contributed by atoms with Crippen LogP contribution in [0.15, 0.2) is 53.1 Å². The highest BCUT2D eigenvalue weighted by Gasteiger charge is 2.64. The highest BCUT2D eigenvalue weighted by molar-refractivity contribution is 5.75. The van der Waals surface area contributed by atoms with Gasteiger partial charge in [-0.2, -0.15) is 0 Å². The van der Waals surface area contributed by atoms with Crippen molar-refractivity contribution in [3.8, 4) is 0 Å². The van der Waals surface area contributed by atoms with Crippen LogP contribution in [0.25, 0.3) is 0 Å². The fourth-order valence-corrected chi connectivity index (χ4v) is 7.49. The minimum Gasteiger partial charge on any atom is -0.469 e. The Bertz CT molecular complexity index is 985. The molecule has 34 heavy (non-hydrogen) atoms. The van der Waals surface area contributed by atoms with E-state index in [0.29, 0.717) is 24.3 Å². The monoisotopic (exact) mass is 463 g/mol. The maximum atomic E-state index is 12.9. The molecule has 1 N–H and O–H groups in total. The first kappa shape index (κ1) is 22.4. The van der Waals surface area contributed by atoms with Crippen LogP contribution in [0.2, 0.25) is 0 Å². The average molecular weight is 464 g/mol. The standard InChI is InChI=1S/C29H37NO4/c1-28-11-6-12-29(19-33-29)26(28)16-22-23(27(31)34-25(22)17-28)18-30-13-10-21(24-9-5-14-32-24)15-20-7-3-2-4-8-20/h2-5,7-9,14,21-23,25-26,30H,6,10-13,15-19H2,1H3/t21-,22+,23+,25+,26-,28+,29+/m0/s1. The molecular formula is C29H37NO4. The molecule has 1 aromatic heterocycles. The molecule has 6 rings (SSSR count). The Kier molecular flexibility index (Phi) is 5.81. The molecule has 0 unspecified atom stereocenters. The molecule has 5 nitrogen and oxygen atoms in total. The van der Waals surface area contributed by atoms with Crippen molar-refractivity contribution in [1.29, 1.82) is 0 Å². The fraction of sp³-hybridized carbons (Fsp3) is 0.621. The zero-order valence-corrected chi connectivity index (χ0v) is 20.2. The maximum Gasteiger partial charge on any atom is 0.310 e. The number of furan rings is 1. The molecule has 4 aliphatic rings. The predicted molar refractivity (Wildman–Crippen MR) is 129 cm³/mol. The van der Waals surface area contributed by atoms with Crippen LogP contribution in [0, 0.1) is 23.2 Å². The topological polar surface area (TPSA) is 64.0 Å². The molecule has 5 heteroatoms. The van der Waals surface area contributed by atoms with E-state index in [2.05, 4.69) is 48.6 Å². The molecule has 1 aromatic carbocycles. The molecule has 2 aliphatic heterocycles. The number of rotatable bonds is 8. The summed E-state index contributed by atoms with van der Waals surface area (Å²) in [6.07, 6.45) is 9.51. The summed E-state index contributed by atoms with van der Waals surface area (Å²) in [6.45, 7) is 4.89.